The minimum atomic E-state index is 1.08. The quantitative estimate of drug-likeness (QED) is 0.836. The Bertz CT molecular complexity index is 631. The molecule has 1 aromatic heterocycles. The molecule has 4 rings (SSSR count). The Hall–Kier alpha value is -1.83. The van der Waals surface area contributed by atoms with E-state index < -0.39 is 0 Å². The molecule has 19 heavy (non-hydrogen) atoms. The minimum Gasteiger partial charge on any atom is -0.384 e. The standard InChI is InChI=1S/C17H18N2/c1-2-4-17-15(3-1)14(8-10-19-17)12-5-6-16-13(11-12)7-9-18-16/h5-6,8,10-11,18H,1-4,7,9H2. The van der Waals surface area contributed by atoms with Crippen LogP contribution in [-0.4, -0.2) is 11.5 Å². The largest absolute Gasteiger partial charge is 0.384 e. The molecule has 0 saturated heterocycles. The number of rotatable bonds is 1. The fourth-order valence-corrected chi connectivity index (χ4v) is 3.37. The van der Waals surface area contributed by atoms with E-state index >= 15 is 0 Å². The van der Waals surface area contributed by atoms with Crippen LogP contribution in [0.5, 0.6) is 0 Å². The molecule has 1 N–H and O–H groups in total. The molecular weight excluding hydrogens is 232 g/mol. The predicted octanol–water partition coefficient (Wildman–Crippen LogP) is 3.60. The number of aromatic nitrogens is 1. The lowest BCUT2D eigenvalue weighted by Crippen LogP contribution is -2.06. The maximum Gasteiger partial charge on any atom is 0.0441 e. The van der Waals surface area contributed by atoms with Crippen molar-refractivity contribution >= 4 is 5.69 Å². The first kappa shape index (κ1) is 11.0. The lowest BCUT2D eigenvalue weighted by atomic mass is 9.89. The van der Waals surface area contributed by atoms with Gasteiger partial charge in [0.25, 0.3) is 0 Å². The lowest BCUT2D eigenvalue weighted by Gasteiger charge is -2.18. The highest BCUT2D eigenvalue weighted by molar-refractivity contribution is 5.72. The Morgan fingerprint density at radius 2 is 1.95 bits per heavy atom. The van der Waals surface area contributed by atoms with Gasteiger partial charge in [-0.1, -0.05) is 6.07 Å². The number of benzene rings is 1. The van der Waals surface area contributed by atoms with Gasteiger partial charge in [0.1, 0.15) is 0 Å². The maximum atomic E-state index is 4.57. The third kappa shape index (κ3) is 1.83. The number of nitrogens with zero attached hydrogens (tertiary/aromatic N) is 1. The Morgan fingerprint density at radius 1 is 1.00 bits per heavy atom. The van der Waals surface area contributed by atoms with Crippen LogP contribution in [0.1, 0.15) is 29.7 Å². The first-order valence-corrected chi connectivity index (χ1v) is 7.26. The highest BCUT2D eigenvalue weighted by Gasteiger charge is 2.17. The number of fused-ring (bicyclic) bond motifs is 2. The van der Waals surface area contributed by atoms with Crippen molar-refractivity contribution in [1.29, 1.82) is 0 Å². The zero-order valence-corrected chi connectivity index (χ0v) is 11.1. The summed E-state index contributed by atoms with van der Waals surface area (Å²) in [6, 6.07) is 9.03. The average molecular weight is 250 g/mol. The minimum absolute atomic E-state index is 1.08. The maximum absolute atomic E-state index is 4.57. The van der Waals surface area contributed by atoms with Gasteiger partial charge in [0.15, 0.2) is 0 Å². The van der Waals surface area contributed by atoms with E-state index in [1.807, 2.05) is 6.20 Å². The van der Waals surface area contributed by atoms with Crippen molar-refractivity contribution in [3.05, 3.63) is 47.3 Å². The smallest absolute Gasteiger partial charge is 0.0441 e. The van der Waals surface area contributed by atoms with E-state index in [1.165, 1.54) is 52.9 Å². The molecule has 2 nitrogen and oxygen atoms in total. The number of aryl methyl sites for hydroxylation is 1. The fraction of sp³-hybridized carbons (Fsp3) is 0.353. The second kappa shape index (κ2) is 4.37. The van der Waals surface area contributed by atoms with E-state index in [4.69, 9.17) is 0 Å². The van der Waals surface area contributed by atoms with Crippen LogP contribution in [-0.2, 0) is 19.3 Å². The van der Waals surface area contributed by atoms with E-state index in [0.717, 1.165) is 19.4 Å². The Balaban J connectivity index is 1.84. The van der Waals surface area contributed by atoms with Crippen LogP contribution in [0.25, 0.3) is 11.1 Å². The van der Waals surface area contributed by atoms with Gasteiger partial charge in [-0.2, -0.15) is 0 Å². The van der Waals surface area contributed by atoms with Gasteiger partial charge in [-0.25, -0.2) is 0 Å². The van der Waals surface area contributed by atoms with Crippen molar-refractivity contribution in [3.8, 4) is 11.1 Å². The molecule has 0 radical (unpaired) electrons. The van der Waals surface area contributed by atoms with E-state index in [1.54, 1.807) is 0 Å². The Morgan fingerprint density at radius 3 is 2.95 bits per heavy atom. The van der Waals surface area contributed by atoms with Crippen LogP contribution in [0.3, 0.4) is 0 Å². The zero-order chi connectivity index (χ0) is 12.7. The third-order valence-electron chi connectivity index (χ3n) is 4.36. The summed E-state index contributed by atoms with van der Waals surface area (Å²) in [5.41, 5.74) is 8.34. The fourth-order valence-electron chi connectivity index (χ4n) is 3.37. The van der Waals surface area contributed by atoms with Crippen molar-refractivity contribution in [2.45, 2.75) is 32.1 Å². The third-order valence-corrected chi connectivity index (χ3v) is 4.36. The van der Waals surface area contributed by atoms with Gasteiger partial charge in [0.2, 0.25) is 0 Å². The molecule has 2 heteroatoms. The van der Waals surface area contributed by atoms with Crippen LogP contribution < -0.4 is 5.32 Å². The highest BCUT2D eigenvalue weighted by Crippen LogP contribution is 2.33. The Kier molecular flexibility index (Phi) is 2.54. The van der Waals surface area contributed by atoms with E-state index in [0.29, 0.717) is 0 Å². The summed E-state index contributed by atoms with van der Waals surface area (Å²) in [7, 11) is 0. The van der Waals surface area contributed by atoms with Crippen LogP contribution in [0.15, 0.2) is 30.5 Å². The van der Waals surface area contributed by atoms with Crippen molar-refractivity contribution < 1.29 is 0 Å². The average Bonchev–Trinajstić information content (AvgIpc) is 2.94. The SMILES string of the molecule is c1cc(-c2ccc3c(c2)CCN3)c2c(n1)CCCC2. The molecule has 0 saturated carbocycles. The lowest BCUT2D eigenvalue weighted by molar-refractivity contribution is 0.669. The molecule has 0 atom stereocenters. The molecule has 96 valence electrons. The van der Waals surface area contributed by atoms with Crippen LogP contribution in [0, 0.1) is 0 Å². The summed E-state index contributed by atoms with van der Waals surface area (Å²) >= 11 is 0. The summed E-state index contributed by atoms with van der Waals surface area (Å²) in [4.78, 5) is 4.57. The van der Waals surface area contributed by atoms with Crippen molar-refractivity contribution in [3.63, 3.8) is 0 Å². The van der Waals surface area contributed by atoms with E-state index in [9.17, 15) is 0 Å². The van der Waals surface area contributed by atoms with Gasteiger partial charge in [0, 0.05) is 24.1 Å². The van der Waals surface area contributed by atoms with Crippen LogP contribution in [0.4, 0.5) is 5.69 Å². The molecule has 1 aliphatic carbocycles. The molecule has 1 aromatic carbocycles. The van der Waals surface area contributed by atoms with Crippen LogP contribution in [0.2, 0.25) is 0 Å². The molecule has 0 amide bonds. The summed E-state index contributed by atoms with van der Waals surface area (Å²) in [5, 5.41) is 3.43. The van der Waals surface area contributed by atoms with E-state index in [-0.39, 0.29) is 0 Å². The van der Waals surface area contributed by atoms with Gasteiger partial charge in [-0.15, -0.1) is 0 Å². The molecule has 2 heterocycles. The molecule has 0 spiro atoms. The summed E-state index contributed by atoms with van der Waals surface area (Å²) in [5.74, 6) is 0. The molecule has 2 aromatic rings. The predicted molar refractivity (Wildman–Crippen MR) is 78.5 cm³/mol. The second-order valence-electron chi connectivity index (χ2n) is 5.54. The van der Waals surface area contributed by atoms with Crippen molar-refractivity contribution in [1.82, 2.24) is 4.98 Å². The van der Waals surface area contributed by atoms with Gasteiger partial charge in [0.05, 0.1) is 0 Å². The molecule has 1 aliphatic heterocycles. The molecule has 2 aliphatic rings. The second-order valence-corrected chi connectivity index (χ2v) is 5.54. The summed E-state index contributed by atoms with van der Waals surface area (Å²) in [6.07, 6.45) is 8.06. The van der Waals surface area contributed by atoms with Crippen LogP contribution >= 0.6 is 0 Å². The topological polar surface area (TPSA) is 24.9 Å². The number of nitrogens with one attached hydrogen (secondary N) is 1. The number of hydrogen-bond donors (Lipinski definition) is 1. The monoisotopic (exact) mass is 250 g/mol. The van der Waals surface area contributed by atoms with Gasteiger partial charge >= 0.3 is 0 Å². The van der Waals surface area contributed by atoms with Gasteiger partial charge < -0.3 is 5.32 Å². The molecule has 0 fully saturated rings. The number of anilines is 1. The molecular formula is C17H18N2. The Labute approximate surface area is 113 Å². The highest BCUT2D eigenvalue weighted by atomic mass is 14.9. The molecule has 0 bridgehead atoms. The molecule has 0 unspecified atom stereocenters. The number of pyridine rings is 1. The summed E-state index contributed by atoms with van der Waals surface area (Å²) < 4.78 is 0. The summed E-state index contributed by atoms with van der Waals surface area (Å²) in [6.45, 7) is 1.08. The normalized spacial score (nSPS) is 16.6. The van der Waals surface area contributed by atoms with Crippen molar-refractivity contribution in [2.75, 3.05) is 11.9 Å². The van der Waals surface area contributed by atoms with Gasteiger partial charge in [-0.05, 0) is 72.6 Å². The zero-order valence-electron chi connectivity index (χ0n) is 11.1. The number of hydrogen-bond acceptors (Lipinski definition) is 2. The van der Waals surface area contributed by atoms with Crippen molar-refractivity contribution in [2.24, 2.45) is 0 Å². The first-order valence-electron chi connectivity index (χ1n) is 7.26. The first-order chi connectivity index (χ1) is 9.42. The van der Waals surface area contributed by atoms with E-state index in [2.05, 4.69) is 34.6 Å². The van der Waals surface area contributed by atoms with Gasteiger partial charge in [-0.3, -0.25) is 4.98 Å².